The monoisotopic (exact) mass is 516 g/mol. The average molecular weight is 516 g/mol. The number of carbonyl (C=O) groups is 3. The number of anilines is 2. The third-order valence-corrected chi connectivity index (χ3v) is 5.79. The highest BCUT2D eigenvalue weighted by Gasteiger charge is 2.35. The number of imidazole rings is 1. The SMILES string of the molecule is CC(=O)CN1CN(C)c2ncn([C@@H](C)C(=O)Nc3cncc(-c4cnc(C)c(C(F)(F)F)c4)n3)c2C1=O. The lowest BCUT2D eigenvalue weighted by Crippen LogP contribution is -2.48. The molecule has 2 amide bonds. The number of rotatable bonds is 6. The summed E-state index contributed by atoms with van der Waals surface area (Å²) in [6.45, 7) is 4.27. The van der Waals surface area contributed by atoms with E-state index in [1.165, 1.54) is 48.2 Å². The molecule has 3 aromatic rings. The zero-order valence-corrected chi connectivity index (χ0v) is 20.4. The zero-order valence-electron chi connectivity index (χ0n) is 20.4. The fourth-order valence-corrected chi connectivity index (χ4v) is 3.94. The van der Waals surface area contributed by atoms with Gasteiger partial charge in [-0.3, -0.25) is 24.4 Å². The maximum Gasteiger partial charge on any atom is 0.418 e. The van der Waals surface area contributed by atoms with Crippen molar-refractivity contribution >= 4 is 29.2 Å². The number of aryl methyl sites for hydroxylation is 1. The molecule has 0 spiro atoms. The topological polar surface area (TPSA) is 126 Å². The highest BCUT2D eigenvalue weighted by molar-refractivity contribution is 6.02. The zero-order chi connectivity index (χ0) is 27.1. The molecule has 0 aliphatic carbocycles. The number of fused-ring (bicyclic) bond motifs is 1. The van der Waals surface area contributed by atoms with Gasteiger partial charge in [0.2, 0.25) is 5.91 Å². The Balaban J connectivity index is 1.57. The molecule has 0 bridgehead atoms. The lowest BCUT2D eigenvalue weighted by molar-refractivity contribution is -0.138. The van der Waals surface area contributed by atoms with E-state index in [1.807, 2.05) is 0 Å². The summed E-state index contributed by atoms with van der Waals surface area (Å²) in [7, 11) is 1.71. The van der Waals surface area contributed by atoms with Crippen LogP contribution in [-0.2, 0) is 15.8 Å². The number of alkyl halides is 3. The number of carbonyl (C=O) groups excluding carboxylic acids is 3. The summed E-state index contributed by atoms with van der Waals surface area (Å²) >= 11 is 0. The van der Waals surface area contributed by atoms with Gasteiger partial charge in [-0.2, -0.15) is 13.2 Å². The van der Waals surface area contributed by atoms with E-state index in [9.17, 15) is 27.6 Å². The molecule has 4 rings (SSSR count). The van der Waals surface area contributed by atoms with E-state index in [1.54, 1.807) is 18.9 Å². The fraction of sp³-hybridized carbons (Fsp3) is 0.348. The predicted molar refractivity (Wildman–Crippen MR) is 126 cm³/mol. The van der Waals surface area contributed by atoms with Gasteiger partial charge in [-0.05, 0) is 26.8 Å². The molecule has 1 aliphatic rings. The minimum atomic E-state index is -4.59. The van der Waals surface area contributed by atoms with Crippen LogP contribution in [0.4, 0.5) is 24.8 Å². The smallest absolute Gasteiger partial charge is 0.340 e. The third-order valence-electron chi connectivity index (χ3n) is 5.79. The highest BCUT2D eigenvalue weighted by atomic mass is 19.4. The van der Waals surface area contributed by atoms with Crippen LogP contribution in [0.3, 0.4) is 0 Å². The summed E-state index contributed by atoms with van der Waals surface area (Å²) in [5.41, 5.74) is -0.748. The van der Waals surface area contributed by atoms with Crippen LogP contribution in [0.15, 0.2) is 31.0 Å². The van der Waals surface area contributed by atoms with Crippen molar-refractivity contribution in [3.8, 4) is 11.3 Å². The van der Waals surface area contributed by atoms with Gasteiger partial charge in [-0.25, -0.2) is 9.97 Å². The molecule has 11 nitrogen and oxygen atoms in total. The number of nitrogens with zero attached hydrogens (tertiary/aromatic N) is 7. The van der Waals surface area contributed by atoms with E-state index in [0.717, 1.165) is 6.07 Å². The molecule has 1 N–H and O–H groups in total. The van der Waals surface area contributed by atoms with E-state index < -0.39 is 29.6 Å². The molecule has 0 saturated carbocycles. The first kappa shape index (κ1) is 25.7. The number of ketones is 1. The Labute approximate surface area is 209 Å². The van der Waals surface area contributed by atoms with Crippen LogP contribution in [0.1, 0.15) is 41.6 Å². The Bertz CT molecular complexity index is 1390. The number of aromatic nitrogens is 5. The number of halogens is 3. The van der Waals surface area contributed by atoms with Crippen molar-refractivity contribution in [1.82, 2.24) is 29.4 Å². The largest absolute Gasteiger partial charge is 0.418 e. The standard InChI is InChI=1S/C23H23F3N8O3/c1-12(35)9-33-11-32(4)20-19(22(33)37)34(10-29-20)14(3)21(36)31-18-8-27-7-17(30-18)15-5-16(23(24,25)26)13(2)28-6-15/h5-8,10,14H,9,11H2,1-4H3,(H,30,31,36)/t14-/m0/s1. The van der Waals surface area contributed by atoms with Crippen LogP contribution in [-0.4, -0.2) is 67.3 Å². The maximum absolute atomic E-state index is 13.3. The Morgan fingerprint density at radius 1 is 1.19 bits per heavy atom. The fourth-order valence-electron chi connectivity index (χ4n) is 3.94. The van der Waals surface area contributed by atoms with Crippen molar-refractivity contribution in [3.63, 3.8) is 0 Å². The molecule has 14 heteroatoms. The minimum Gasteiger partial charge on any atom is -0.340 e. The van der Waals surface area contributed by atoms with Gasteiger partial charge in [0.15, 0.2) is 17.3 Å². The molecule has 0 unspecified atom stereocenters. The van der Waals surface area contributed by atoms with Gasteiger partial charge in [-0.1, -0.05) is 0 Å². The van der Waals surface area contributed by atoms with Crippen LogP contribution < -0.4 is 10.2 Å². The van der Waals surface area contributed by atoms with Gasteiger partial charge in [0.05, 0.1) is 43.2 Å². The van der Waals surface area contributed by atoms with Gasteiger partial charge in [0.25, 0.3) is 5.91 Å². The van der Waals surface area contributed by atoms with Crippen LogP contribution in [0, 0.1) is 6.92 Å². The van der Waals surface area contributed by atoms with Gasteiger partial charge in [-0.15, -0.1) is 0 Å². The van der Waals surface area contributed by atoms with Gasteiger partial charge >= 0.3 is 6.18 Å². The van der Waals surface area contributed by atoms with Crippen molar-refractivity contribution in [2.45, 2.75) is 33.0 Å². The Kier molecular flexibility index (Phi) is 6.67. The number of hydrogen-bond acceptors (Lipinski definition) is 8. The summed E-state index contributed by atoms with van der Waals surface area (Å²) in [5, 5.41) is 2.58. The number of pyridine rings is 1. The molecule has 1 aliphatic heterocycles. The average Bonchev–Trinajstić information content (AvgIpc) is 3.27. The van der Waals surface area contributed by atoms with Crippen molar-refractivity contribution < 1.29 is 27.6 Å². The molecule has 1 atom stereocenters. The lowest BCUT2D eigenvalue weighted by atomic mass is 10.1. The first-order chi connectivity index (χ1) is 17.4. The molecule has 0 fully saturated rings. The first-order valence-electron chi connectivity index (χ1n) is 11.1. The number of Topliss-reactive ketones (excluding diaryl/α,β-unsaturated/α-hetero) is 1. The summed E-state index contributed by atoms with van der Waals surface area (Å²) in [6, 6.07) is 0.00183. The Morgan fingerprint density at radius 2 is 1.92 bits per heavy atom. The van der Waals surface area contributed by atoms with Gasteiger partial charge in [0, 0.05) is 24.5 Å². The first-order valence-corrected chi connectivity index (χ1v) is 11.1. The number of amides is 2. The molecule has 0 saturated heterocycles. The second kappa shape index (κ2) is 9.59. The second-order valence-corrected chi connectivity index (χ2v) is 8.68. The molecule has 0 radical (unpaired) electrons. The molecule has 3 aromatic heterocycles. The number of nitrogens with one attached hydrogen (secondary N) is 1. The molecule has 0 aromatic carbocycles. The number of hydrogen-bond donors (Lipinski definition) is 1. The quantitative estimate of drug-likeness (QED) is 0.530. The molecule has 194 valence electrons. The highest BCUT2D eigenvalue weighted by Crippen LogP contribution is 2.33. The Morgan fingerprint density at radius 3 is 2.59 bits per heavy atom. The molecular weight excluding hydrogens is 493 g/mol. The third kappa shape index (κ3) is 5.13. The Hall–Kier alpha value is -4.36. The summed E-state index contributed by atoms with van der Waals surface area (Å²) in [5.74, 6) is -0.817. The van der Waals surface area contributed by atoms with Crippen molar-refractivity contribution in [3.05, 3.63) is 47.9 Å². The van der Waals surface area contributed by atoms with E-state index >= 15 is 0 Å². The maximum atomic E-state index is 13.3. The van der Waals surface area contributed by atoms with Crippen LogP contribution >= 0.6 is 0 Å². The van der Waals surface area contributed by atoms with E-state index in [-0.39, 0.29) is 47.5 Å². The van der Waals surface area contributed by atoms with Gasteiger partial charge in [0.1, 0.15) is 11.8 Å². The van der Waals surface area contributed by atoms with Crippen LogP contribution in [0.25, 0.3) is 11.3 Å². The van der Waals surface area contributed by atoms with E-state index in [4.69, 9.17) is 0 Å². The summed E-state index contributed by atoms with van der Waals surface area (Å²) < 4.78 is 41.3. The molecule has 37 heavy (non-hydrogen) atoms. The van der Waals surface area contributed by atoms with Crippen LogP contribution in [0.2, 0.25) is 0 Å². The summed E-state index contributed by atoms with van der Waals surface area (Å²) in [4.78, 5) is 57.0. The normalized spacial score (nSPS) is 14.4. The minimum absolute atomic E-state index is 0.000817. The van der Waals surface area contributed by atoms with Crippen molar-refractivity contribution in [2.75, 3.05) is 30.5 Å². The van der Waals surface area contributed by atoms with E-state index in [0.29, 0.717) is 5.82 Å². The summed E-state index contributed by atoms with van der Waals surface area (Å²) in [6.07, 6.45) is 0.527. The second-order valence-electron chi connectivity index (χ2n) is 8.68. The van der Waals surface area contributed by atoms with Crippen molar-refractivity contribution in [2.24, 2.45) is 0 Å². The molecular formula is C23H23F3N8O3. The van der Waals surface area contributed by atoms with E-state index in [2.05, 4.69) is 25.3 Å². The van der Waals surface area contributed by atoms with Crippen LogP contribution in [0.5, 0.6) is 0 Å². The predicted octanol–water partition coefficient (Wildman–Crippen LogP) is 2.70. The van der Waals surface area contributed by atoms with Gasteiger partial charge < -0.3 is 19.7 Å². The molecule has 4 heterocycles. The lowest BCUT2D eigenvalue weighted by Gasteiger charge is -2.33. The van der Waals surface area contributed by atoms with Crippen molar-refractivity contribution in [1.29, 1.82) is 0 Å².